The van der Waals surface area contributed by atoms with Gasteiger partial charge < -0.3 is 0 Å². The third kappa shape index (κ3) is 3.21. The van der Waals surface area contributed by atoms with Gasteiger partial charge in [0.15, 0.2) is 0 Å². The maximum atomic E-state index is 2.72. The summed E-state index contributed by atoms with van der Waals surface area (Å²) < 4.78 is 1.23. The Bertz CT molecular complexity index is 1070. The molecule has 2 aliphatic rings. The molecule has 0 saturated heterocycles. The van der Waals surface area contributed by atoms with Crippen LogP contribution in [0.15, 0.2) is 35.4 Å². The van der Waals surface area contributed by atoms with E-state index < -0.39 is 14.0 Å². The minimum Gasteiger partial charge on any atom is -0.147 e. The van der Waals surface area contributed by atoms with Gasteiger partial charge in [0.05, 0.1) is 0 Å². The first-order valence-electron chi connectivity index (χ1n) is 10.6. The second-order valence-corrected chi connectivity index (χ2v) is 30.8. The molecule has 0 nitrogen and oxygen atoms in total. The molecule has 0 bridgehead atoms. The van der Waals surface area contributed by atoms with Gasteiger partial charge in [-0.25, -0.2) is 0 Å². The van der Waals surface area contributed by atoms with Crippen molar-refractivity contribution in [3.8, 4) is 0 Å². The van der Waals surface area contributed by atoms with E-state index in [9.17, 15) is 0 Å². The van der Waals surface area contributed by atoms with Gasteiger partial charge in [0.25, 0.3) is 0 Å². The first kappa shape index (κ1) is 22.8. The molecule has 0 aromatic heterocycles. The maximum absolute atomic E-state index is 3.05. The Balaban J connectivity index is 0.00000240. The zero-order chi connectivity index (χ0) is 20.6. The van der Waals surface area contributed by atoms with E-state index in [-0.39, 0.29) is 12.4 Å². The average Bonchev–Trinajstić information content (AvgIpc) is 3.14. The first-order valence-corrected chi connectivity index (χ1v) is 19.5. The largest absolute Gasteiger partial charge is 0.147 e. The van der Waals surface area contributed by atoms with Crippen LogP contribution in [0.4, 0.5) is 0 Å². The Morgan fingerprint density at radius 3 is 1.28 bits per heavy atom. The van der Waals surface area contributed by atoms with Crippen molar-refractivity contribution < 1.29 is 14.0 Å². The zero-order valence-corrected chi connectivity index (χ0v) is 23.0. The van der Waals surface area contributed by atoms with E-state index in [4.69, 9.17) is 0 Å². The summed E-state index contributed by atoms with van der Waals surface area (Å²) in [5, 5.41) is 5.43. The Morgan fingerprint density at radius 1 is 0.621 bits per heavy atom. The Hall–Kier alpha value is -0.859. The van der Waals surface area contributed by atoms with E-state index >= 15 is 0 Å². The molecule has 2 atom stereocenters. The second-order valence-electron chi connectivity index (χ2n) is 10.6. The van der Waals surface area contributed by atoms with Crippen molar-refractivity contribution in [2.75, 3.05) is 0 Å². The molecule has 0 amide bonds. The summed E-state index contributed by atoms with van der Waals surface area (Å²) >= 11 is -3.05. The van der Waals surface area contributed by atoms with Gasteiger partial charge in [0.2, 0.25) is 0 Å². The van der Waals surface area contributed by atoms with Gasteiger partial charge in [-0.15, -0.1) is 12.4 Å². The third-order valence-electron chi connectivity index (χ3n) is 7.57. The van der Waals surface area contributed by atoms with Crippen molar-refractivity contribution in [3.05, 3.63) is 79.9 Å². The molecular weight excluding hydrogens is 424 g/mol. The van der Waals surface area contributed by atoms with Gasteiger partial charge in [-0.05, 0) is 0 Å². The predicted molar refractivity (Wildman–Crippen MR) is 132 cm³/mol. The van der Waals surface area contributed by atoms with Crippen LogP contribution < -0.4 is 0 Å². The standard InChI is InChI=1S/2C12H13.2CH3.ClH.H2Si.Ti/c2*1-8-6-11-9(2)4-5-10(3)12(11)7-8;;;;;/h2*4-7H,1-3H3;2*1H3;1H;1H2;. The van der Waals surface area contributed by atoms with Crippen molar-refractivity contribution in [2.45, 2.75) is 60.4 Å². The number of rotatable bonds is 2. The van der Waals surface area contributed by atoms with Crippen LogP contribution in [0.3, 0.4) is 0 Å². The van der Waals surface area contributed by atoms with Crippen molar-refractivity contribution >= 4 is 32.2 Å². The Labute approximate surface area is 185 Å². The third-order valence-corrected chi connectivity index (χ3v) is 19.2. The predicted octanol–water partition coefficient (Wildman–Crippen LogP) is 7.29. The van der Waals surface area contributed by atoms with Crippen molar-refractivity contribution in [1.29, 1.82) is 0 Å². The number of benzene rings is 2. The van der Waals surface area contributed by atoms with Crippen LogP contribution in [-0.2, 0) is 14.0 Å². The minimum absolute atomic E-state index is 0. The molecule has 29 heavy (non-hydrogen) atoms. The summed E-state index contributed by atoms with van der Waals surface area (Å²) in [5.41, 5.74) is 15.3. The van der Waals surface area contributed by atoms with Crippen LogP contribution in [-0.4, -0.2) is 7.63 Å². The average molecular weight is 459 g/mol. The maximum Gasteiger partial charge on any atom is -0.147 e. The monoisotopic (exact) mass is 458 g/mol. The molecule has 2 aromatic rings. The van der Waals surface area contributed by atoms with E-state index in [0.29, 0.717) is 8.45 Å². The van der Waals surface area contributed by atoms with Gasteiger partial charge in [0, 0.05) is 0 Å². The summed E-state index contributed by atoms with van der Waals surface area (Å²) in [6, 6.07) is 9.30. The summed E-state index contributed by atoms with van der Waals surface area (Å²) in [6.45, 7) is 14.0. The van der Waals surface area contributed by atoms with Gasteiger partial charge >= 0.3 is 174 Å². The molecule has 0 heterocycles. The molecular formula is C26H35ClSiTi. The van der Waals surface area contributed by atoms with E-state index in [2.05, 4.69) is 96.0 Å². The van der Waals surface area contributed by atoms with Crippen LogP contribution in [0.25, 0.3) is 12.2 Å². The Morgan fingerprint density at radius 2 is 0.931 bits per heavy atom. The van der Waals surface area contributed by atoms with E-state index in [1.54, 1.807) is 22.3 Å². The fourth-order valence-corrected chi connectivity index (χ4v) is 20.5. The molecule has 0 aliphatic heterocycles. The van der Waals surface area contributed by atoms with Crippen LogP contribution in [0.1, 0.15) is 66.8 Å². The molecule has 154 valence electrons. The van der Waals surface area contributed by atoms with Crippen molar-refractivity contribution in [1.82, 2.24) is 0 Å². The number of fused-ring (bicyclic) bond motifs is 2. The first-order chi connectivity index (χ1) is 12.9. The Kier molecular flexibility index (Phi) is 5.58. The molecule has 2 aliphatic carbocycles. The topological polar surface area (TPSA) is 0 Å². The van der Waals surface area contributed by atoms with Crippen LogP contribution >= 0.6 is 12.4 Å². The number of halogens is 1. The second kappa shape index (κ2) is 7.09. The minimum atomic E-state index is -3.05. The zero-order valence-electron chi connectivity index (χ0n) is 19.2. The normalized spacial score (nSPS) is 20.6. The smallest absolute Gasteiger partial charge is 0.147 e. The summed E-state index contributed by atoms with van der Waals surface area (Å²) in [4.78, 5) is 0. The summed E-state index contributed by atoms with van der Waals surface area (Å²) in [6.07, 6.45) is 5.01. The van der Waals surface area contributed by atoms with Crippen LogP contribution in [0, 0.1) is 27.7 Å². The molecule has 3 heteroatoms. The van der Waals surface area contributed by atoms with Gasteiger partial charge in [-0.2, -0.15) is 0 Å². The quantitative estimate of drug-likeness (QED) is 0.414. The number of aryl methyl sites for hydroxylation is 4. The molecule has 4 rings (SSSR count). The fourth-order valence-electron chi connectivity index (χ4n) is 6.55. The molecule has 0 saturated carbocycles. The summed E-state index contributed by atoms with van der Waals surface area (Å²) in [7, 11) is 2.42. The van der Waals surface area contributed by atoms with Crippen molar-refractivity contribution in [3.63, 3.8) is 0 Å². The van der Waals surface area contributed by atoms with Crippen LogP contribution in [0.5, 0.6) is 0 Å². The molecule has 2 unspecified atom stereocenters. The molecule has 2 aromatic carbocycles. The van der Waals surface area contributed by atoms with Crippen molar-refractivity contribution in [2.24, 2.45) is 0 Å². The molecule has 0 fully saturated rings. The molecule has 0 spiro atoms. The number of hydrogen-bond acceptors (Lipinski definition) is 0. The number of allylic oxidation sites excluding steroid dienone is 2. The number of hydrogen-bond donors (Lipinski definition) is 0. The van der Waals surface area contributed by atoms with E-state index in [1.165, 1.54) is 33.4 Å². The van der Waals surface area contributed by atoms with Gasteiger partial charge in [-0.1, -0.05) is 0 Å². The summed E-state index contributed by atoms with van der Waals surface area (Å²) in [5.74, 6) is 0. The van der Waals surface area contributed by atoms with E-state index in [1.807, 2.05) is 0 Å². The van der Waals surface area contributed by atoms with E-state index in [0.717, 1.165) is 0 Å². The fraction of sp³-hybridized carbons (Fsp3) is 0.385. The van der Waals surface area contributed by atoms with Crippen LogP contribution in [0.2, 0.25) is 10.5 Å². The molecule has 0 N–H and O–H groups in total. The SMILES string of the molecule is CC1=Cc2c(C)ccc(C)c2[CH]1[Ti]([CH3])([CH3])(=[SiH2])[CH]1C(C)=Cc2c(C)ccc(C)c21.Cl. The molecule has 0 radical (unpaired) electrons. The van der Waals surface area contributed by atoms with Gasteiger partial charge in [-0.3, -0.25) is 0 Å². The van der Waals surface area contributed by atoms with Gasteiger partial charge in [0.1, 0.15) is 0 Å².